The third-order valence-electron chi connectivity index (χ3n) is 4.86. The topological polar surface area (TPSA) is 75.7 Å². The molecule has 30 heavy (non-hydrogen) atoms. The molecule has 2 aromatic rings. The molecule has 1 heterocycles. The SMILES string of the molecule is O=C(CCc1ccc(Cl)cc1Cl)NCCOc1ccc(S(=O)(=O)N2CCCC2)cc1. The van der Waals surface area contributed by atoms with Gasteiger partial charge in [0, 0.05) is 29.6 Å². The van der Waals surface area contributed by atoms with Crippen LogP contribution in [0.5, 0.6) is 5.75 Å². The Morgan fingerprint density at radius 3 is 2.43 bits per heavy atom. The number of ether oxygens (including phenoxy) is 1. The summed E-state index contributed by atoms with van der Waals surface area (Å²) in [6, 6.07) is 11.6. The molecule has 0 spiro atoms. The molecule has 0 radical (unpaired) electrons. The Labute approximate surface area is 187 Å². The van der Waals surface area contributed by atoms with Gasteiger partial charge in [-0.15, -0.1) is 0 Å². The summed E-state index contributed by atoms with van der Waals surface area (Å²) in [7, 11) is -3.42. The van der Waals surface area contributed by atoms with E-state index in [4.69, 9.17) is 27.9 Å². The third kappa shape index (κ3) is 6.11. The number of hydrogen-bond acceptors (Lipinski definition) is 4. The fraction of sp³-hybridized carbons (Fsp3) is 0.381. The van der Waals surface area contributed by atoms with Gasteiger partial charge < -0.3 is 10.1 Å². The molecule has 162 valence electrons. The highest BCUT2D eigenvalue weighted by atomic mass is 35.5. The van der Waals surface area contributed by atoms with Crippen molar-refractivity contribution in [2.45, 2.75) is 30.6 Å². The normalized spacial score (nSPS) is 14.6. The van der Waals surface area contributed by atoms with Crippen molar-refractivity contribution in [3.63, 3.8) is 0 Å². The smallest absolute Gasteiger partial charge is 0.243 e. The van der Waals surface area contributed by atoms with E-state index in [-0.39, 0.29) is 17.4 Å². The lowest BCUT2D eigenvalue weighted by molar-refractivity contribution is -0.121. The second-order valence-corrected chi connectivity index (χ2v) is 9.80. The Kier molecular flexibility index (Phi) is 7.99. The van der Waals surface area contributed by atoms with Gasteiger partial charge in [0.25, 0.3) is 0 Å². The lowest BCUT2D eigenvalue weighted by atomic mass is 10.1. The largest absolute Gasteiger partial charge is 0.492 e. The molecular weight excluding hydrogens is 447 g/mol. The van der Waals surface area contributed by atoms with Crippen molar-refractivity contribution >= 4 is 39.1 Å². The predicted molar refractivity (Wildman–Crippen MR) is 118 cm³/mol. The van der Waals surface area contributed by atoms with E-state index in [1.54, 1.807) is 36.4 Å². The number of rotatable bonds is 9. The fourth-order valence-corrected chi connectivity index (χ4v) is 5.23. The van der Waals surface area contributed by atoms with Crippen LogP contribution < -0.4 is 10.1 Å². The number of halogens is 2. The molecule has 1 fully saturated rings. The molecule has 0 unspecified atom stereocenters. The second kappa shape index (κ2) is 10.5. The number of hydrogen-bond donors (Lipinski definition) is 1. The molecule has 3 rings (SSSR count). The van der Waals surface area contributed by atoms with E-state index in [0.29, 0.717) is 48.3 Å². The van der Waals surface area contributed by atoms with E-state index in [2.05, 4.69) is 5.32 Å². The summed E-state index contributed by atoms with van der Waals surface area (Å²) >= 11 is 12.0. The van der Waals surface area contributed by atoms with E-state index in [9.17, 15) is 13.2 Å². The van der Waals surface area contributed by atoms with Gasteiger partial charge in [-0.25, -0.2) is 8.42 Å². The standard InChI is InChI=1S/C21H24Cl2N2O4S/c22-17-5-3-16(20(23)15-17)4-10-21(26)24-11-14-29-18-6-8-19(9-7-18)30(27,28)25-12-1-2-13-25/h3,5-9,15H,1-2,4,10-14H2,(H,24,26). The van der Waals surface area contributed by atoms with Gasteiger partial charge in [-0.05, 0) is 61.2 Å². The third-order valence-corrected chi connectivity index (χ3v) is 7.36. The first-order chi connectivity index (χ1) is 14.4. The molecule has 0 atom stereocenters. The molecule has 1 aliphatic heterocycles. The Balaban J connectivity index is 1.39. The van der Waals surface area contributed by atoms with Crippen LogP contribution in [0.2, 0.25) is 10.0 Å². The van der Waals surface area contributed by atoms with Crippen LogP contribution in [0.15, 0.2) is 47.4 Å². The summed E-state index contributed by atoms with van der Waals surface area (Å²) in [5.74, 6) is 0.453. The summed E-state index contributed by atoms with van der Waals surface area (Å²) < 4.78 is 32.1. The quantitative estimate of drug-likeness (QED) is 0.563. The Hall–Kier alpha value is -1.80. The van der Waals surface area contributed by atoms with Gasteiger partial charge in [0.1, 0.15) is 12.4 Å². The molecule has 0 bridgehead atoms. The molecule has 1 N–H and O–H groups in total. The highest BCUT2D eigenvalue weighted by molar-refractivity contribution is 7.89. The lowest BCUT2D eigenvalue weighted by Gasteiger charge is -2.15. The van der Waals surface area contributed by atoms with Crippen molar-refractivity contribution < 1.29 is 17.9 Å². The molecular formula is C21H24Cl2N2O4S. The van der Waals surface area contributed by atoms with E-state index < -0.39 is 10.0 Å². The van der Waals surface area contributed by atoms with Crippen LogP contribution in [0.25, 0.3) is 0 Å². The van der Waals surface area contributed by atoms with Gasteiger partial charge in [0.15, 0.2) is 0 Å². The predicted octanol–water partition coefficient (Wildman–Crippen LogP) is 3.91. The van der Waals surface area contributed by atoms with Crippen LogP contribution in [0.1, 0.15) is 24.8 Å². The lowest BCUT2D eigenvalue weighted by Crippen LogP contribution is -2.28. The van der Waals surface area contributed by atoms with E-state index in [0.717, 1.165) is 18.4 Å². The molecule has 0 saturated carbocycles. The second-order valence-electron chi connectivity index (χ2n) is 7.02. The minimum atomic E-state index is -3.42. The molecule has 9 heteroatoms. The molecule has 1 saturated heterocycles. The number of benzene rings is 2. The molecule has 0 aliphatic carbocycles. The molecule has 2 aromatic carbocycles. The summed E-state index contributed by atoms with van der Waals surface area (Å²) in [6.45, 7) is 1.78. The van der Waals surface area contributed by atoms with Crippen LogP contribution in [0.3, 0.4) is 0 Å². The first-order valence-corrected chi connectivity index (χ1v) is 12.0. The summed E-state index contributed by atoms with van der Waals surface area (Å²) in [6.07, 6.45) is 2.64. The van der Waals surface area contributed by atoms with Crippen LogP contribution in [0.4, 0.5) is 0 Å². The fourth-order valence-electron chi connectivity index (χ4n) is 3.21. The maximum Gasteiger partial charge on any atom is 0.243 e. The van der Waals surface area contributed by atoms with Gasteiger partial charge in [0.05, 0.1) is 11.4 Å². The van der Waals surface area contributed by atoms with Crippen molar-refractivity contribution in [2.75, 3.05) is 26.2 Å². The average Bonchev–Trinajstić information content (AvgIpc) is 3.27. The zero-order valence-corrected chi connectivity index (χ0v) is 18.8. The molecule has 0 aromatic heterocycles. The number of amides is 1. The number of aryl methyl sites for hydroxylation is 1. The number of carbonyl (C=O) groups is 1. The molecule has 6 nitrogen and oxygen atoms in total. The number of nitrogens with one attached hydrogen (secondary N) is 1. The monoisotopic (exact) mass is 470 g/mol. The van der Waals surface area contributed by atoms with Crippen molar-refractivity contribution in [1.82, 2.24) is 9.62 Å². The zero-order chi connectivity index (χ0) is 21.6. The maximum atomic E-state index is 12.5. The van der Waals surface area contributed by atoms with Crippen molar-refractivity contribution in [2.24, 2.45) is 0 Å². The van der Waals surface area contributed by atoms with Crippen LogP contribution in [-0.4, -0.2) is 44.9 Å². The minimum absolute atomic E-state index is 0.100. The van der Waals surface area contributed by atoms with Gasteiger partial charge >= 0.3 is 0 Å². The van der Waals surface area contributed by atoms with Crippen molar-refractivity contribution in [3.05, 3.63) is 58.1 Å². The highest BCUT2D eigenvalue weighted by Crippen LogP contribution is 2.23. The first-order valence-electron chi connectivity index (χ1n) is 9.80. The van der Waals surface area contributed by atoms with E-state index in [1.165, 1.54) is 4.31 Å². The number of nitrogens with zero attached hydrogens (tertiary/aromatic N) is 1. The number of sulfonamides is 1. The minimum Gasteiger partial charge on any atom is -0.492 e. The zero-order valence-electron chi connectivity index (χ0n) is 16.4. The summed E-state index contributed by atoms with van der Waals surface area (Å²) in [5.41, 5.74) is 0.872. The Morgan fingerprint density at radius 1 is 1.07 bits per heavy atom. The van der Waals surface area contributed by atoms with Crippen LogP contribution in [-0.2, 0) is 21.2 Å². The maximum absolute atomic E-state index is 12.5. The van der Waals surface area contributed by atoms with Gasteiger partial charge in [-0.1, -0.05) is 29.3 Å². The van der Waals surface area contributed by atoms with Gasteiger partial charge in [-0.3, -0.25) is 4.79 Å². The summed E-state index contributed by atoms with van der Waals surface area (Å²) in [5, 5.41) is 3.90. The van der Waals surface area contributed by atoms with E-state index >= 15 is 0 Å². The summed E-state index contributed by atoms with van der Waals surface area (Å²) in [4.78, 5) is 12.2. The Bertz CT molecular complexity index is 975. The van der Waals surface area contributed by atoms with Crippen molar-refractivity contribution in [3.8, 4) is 5.75 Å². The van der Waals surface area contributed by atoms with Crippen LogP contribution >= 0.6 is 23.2 Å². The first kappa shape index (κ1) is 22.9. The molecule has 1 aliphatic rings. The number of carbonyl (C=O) groups excluding carboxylic acids is 1. The van der Waals surface area contributed by atoms with E-state index in [1.807, 2.05) is 6.07 Å². The highest BCUT2D eigenvalue weighted by Gasteiger charge is 2.26. The molecule has 1 amide bonds. The van der Waals surface area contributed by atoms with Gasteiger partial charge in [0.2, 0.25) is 15.9 Å². The average molecular weight is 471 g/mol. The van der Waals surface area contributed by atoms with Crippen molar-refractivity contribution in [1.29, 1.82) is 0 Å². The van der Waals surface area contributed by atoms with Crippen LogP contribution in [0, 0.1) is 0 Å². The Morgan fingerprint density at radius 2 is 1.77 bits per heavy atom. The van der Waals surface area contributed by atoms with Gasteiger partial charge in [-0.2, -0.15) is 4.31 Å².